The third kappa shape index (κ3) is 6.75. The van der Waals surface area contributed by atoms with Crippen molar-refractivity contribution in [1.29, 1.82) is 0 Å². The minimum absolute atomic E-state index is 0.185. The Morgan fingerprint density at radius 3 is 2.31 bits per heavy atom. The van der Waals surface area contributed by atoms with Gasteiger partial charge in [0.15, 0.2) is 0 Å². The molecular formula is C26H30F4N4O. The van der Waals surface area contributed by atoms with Crippen LogP contribution in [0, 0.1) is 5.82 Å². The Kier molecular flexibility index (Phi) is 7.95. The first-order valence-corrected chi connectivity index (χ1v) is 12.0. The molecule has 0 atom stereocenters. The van der Waals surface area contributed by atoms with Crippen molar-refractivity contribution < 1.29 is 22.3 Å². The monoisotopic (exact) mass is 490 g/mol. The van der Waals surface area contributed by atoms with Gasteiger partial charge in [-0.15, -0.1) is 13.2 Å². The number of rotatable bonds is 9. The van der Waals surface area contributed by atoms with Gasteiger partial charge in [0, 0.05) is 31.9 Å². The van der Waals surface area contributed by atoms with Crippen LogP contribution in [0.5, 0.6) is 5.75 Å². The molecule has 0 amide bonds. The molecule has 0 N–H and O–H groups in total. The average molecular weight is 491 g/mol. The van der Waals surface area contributed by atoms with E-state index in [0.717, 1.165) is 69.8 Å². The predicted octanol–water partition coefficient (Wildman–Crippen LogP) is 5.62. The number of halogens is 4. The first-order valence-electron chi connectivity index (χ1n) is 12.0. The van der Waals surface area contributed by atoms with E-state index in [2.05, 4.69) is 32.6 Å². The van der Waals surface area contributed by atoms with Crippen LogP contribution in [0.25, 0.3) is 5.69 Å². The number of alkyl halides is 3. The lowest BCUT2D eigenvalue weighted by Gasteiger charge is -2.36. The Bertz CT molecular complexity index is 1090. The summed E-state index contributed by atoms with van der Waals surface area (Å²) in [5.41, 5.74) is 3.36. The molecule has 0 spiro atoms. The van der Waals surface area contributed by atoms with Crippen LogP contribution in [-0.4, -0.2) is 53.8 Å². The molecule has 188 valence electrons. The van der Waals surface area contributed by atoms with Crippen molar-refractivity contribution in [3.8, 4) is 11.4 Å². The summed E-state index contributed by atoms with van der Waals surface area (Å²) in [4.78, 5) is 4.47. The highest BCUT2D eigenvalue weighted by Crippen LogP contribution is 2.25. The fourth-order valence-corrected chi connectivity index (χ4v) is 4.45. The summed E-state index contributed by atoms with van der Waals surface area (Å²) in [5, 5.41) is 4.69. The van der Waals surface area contributed by atoms with E-state index in [1.165, 1.54) is 18.2 Å². The molecule has 9 heteroatoms. The molecular weight excluding hydrogens is 460 g/mol. The SMILES string of the molecule is CCCc1cc(CCCN2CCN(c3ccccc3F)CC2)n(-c2ccc(OC(F)(F)F)cc2)n1. The van der Waals surface area contributed by atoms with Crippen LogP contribution in [0.3, 0.4) is 0 Å². The van der Waals surface area contributed by atoms with Crippen molar-refractivity contribution in [1.82, 2.24) is 14.7 Å². The summed E-state index contributed by atoms with van der Waals surface area (Å²) in [7, 11) is 0. The van der Waals surface area contributed by atoms with Crippen LogP contribution < -0.4 is 9.64 Å². The van der Waals surface area contributed by atoms with E-state index in [4.69, 9.17) is 0 Å². The Labute approximate surface area is 202 Å². The largest absolute Gasteiger partial charge is 0.573 e. The van der Waals surface area contributed by atoms with Gasteiger partial charge >= 0.3 is 6.36 Å². The van der Waals surface area contributed by atoms with Crippen LogP contribution in [0.4, 0.5) is 23.2 Å². The maximum atomic E-state index is 14.1. The van der Waals surface area contributed by atoms with E-state index < -0.39 is 6.36 Å². The molecule has 2 heterocycles. The molecule has 2 aromatic carbocycles. The zero-order valence-corrected chi connectivity index (χ0v) is 19.8. The summed E-state index contributed by atoms with van der Waals surface area (Å²) in [6, 6.07) is 14.8. The molecule has 4 rings (SSSR count). The zero-order chi connectivity index (χ0) is 24.8. The van der Waals surface area contributed by atoms with Gasteiger partial charge in [-0.05, 0) is 68.3 Å². The van der Waals surface area contributed by atoms with Gasteiger partial charge < -0.3 is 9.64 Å². The number of para-hydroxylation sites is 1. The van der Waals surface area contributed by atoms with Gasteiger partial charge in [-0.25, -0.2) is 9.07 Å². The van der Waals surface area contributed by atoms with Crippen molar-refractivity contribution in [3.05, 3.63) is 71.8 Å². The van der Waals surface area contributed by atoms with E-state index >= 15 is 0 Å². The number of aryl methyl sites for hydroxylation is 2. The van der Waals surface area contributed by atoms with Gasteiger partial charge in [-0.1, -0.05) is 25.5 Å². The van der Waals surface area contributed by atoms with E-state index in [1.54, 1.807) is 18.2 Å². The molecule has 0 aliphatic carbocycles. The highest BCUT2D eigenvalue weighted by atomic mass is 19.4. The highest BCUT2D eigenvalue weighted by Gasteiger charge is 2.31. The number of nitrogens with zero attached hydrogens (tertiary/aromatic N) is 4. The van der Waals surface area contributed by atoms with Gasteiger partial charge in [0.25, 0.3) is 0 Å². The maximum Gasteiger partial charge on any atom is 0.573 e. The molecule has 1 aliphatic heterocycles. The Morgan fingerprint density at radius 2 is 1.66 bits per heavy atom. The second-order valence-electron chi connectivity index (χ2n) is 8.71. The number of hydrogen-bond acceptors (Lipinski definition) is 4. The van der Waals surface area contributed by atoms with Crippen molar-refractivity contribution in [2.45, 2.75) is 39.0 Å². The quantitative estimate of drug-likeness (QED) is 0.365. The number of hydrogen-bond donors (Lipinski definition) is 0. The molecule has 1 saturated heterocycles. The van der Waals surface area contributed by atoms with Gasteiger partial charge in [-0.2, -0.15) is 5.10 Å². The van der Waals surface area contributed by atoms with Crippen LogP contribution in [0.2, 0.25) is 0 Å². The predicted molar refractivity (Wildman–Crippen MR) is 128 cm³/mol. The first kappa shape index (κ1) is 25.0. The van der Waals surface area contributed by atoms with Gasteiger partial charge in [0.05, 0.1) is 17.1 Å². The van der Waals surface area contributed by atoms with Gasteiger partial charge in [0.1, 0.15) is 11.6 Å². The van der Waals surface area contributed by atoms with Crippen molar-refractivity contribution in [2.24, 2.45) is 0 Å². The first-order chi connectivity index (χ1) is 16.8. The molecule has 5 nitrogen and oxygen atoms in total. The van der Waals surface area contributed by atoms with E-state index in [0.29, 0.717) is 11.4 Å². The Balaban J connectivity index is 1.35. The molecule has 0 bridgehead atoms. The van der Waals surface area contributed by atoms with Gasteiger partial charge in [-0.3, -0.25) is 4.90 Å². The van der Waals surface area contributed by atoms with E-state index in [-0.39, 0.29) is 11.6 Å². The number of ether oxygens (including phenoxy) is 1. The minimum Gasteiger partial charge on any atom is -0.406 e. The number of aromatic nitrogens is 2. The Hall–Kier alpha value is -3.07. The molecule has 1 aromatic heterocycles. The topological polar surface area (TPSA) is 33.5 Å². The third-order valence-corrected chi connectivity index (χ3v) is 6.13. The minimum atomic E-state index is -4.71. The Morgan fingerprint density at radius 1 is 0.943 bits per heavy atom. The average Bonchev–Trinajstić information content (AvgIpc) is 3.22. The number of benzene rings is 2. The summed E-state index contributed by atoms with van der Waals surface area (Å²) < 4.78 is 57.3. The third-order valence-electron chi connectivity index (χ3n) is 6.13. The smallest absolute Gasteiger partial charge is 0.406 e. The fraction of sp³-hybridized carbons (Fsp3) is 0.423. The van der Waals surface area contributed by atoms with Crippen molar-refractivity contribution >= 4 is 5.69 Å². The maximum absolute atomic E-state index is 14.1. The molecule has 0 unspecified atom stereocenters. The van der Waals surface area contributed by atoms with Crippen LogP contribution in [-0.2, 0) is 12.8 Å². The van der Waals surface area contributed by atoms with E-state index in [1.807, 2.05) is 16.8 Å². The van der Waals surface area contributed by atoms with E-state index in [9.17, 15) is 17.6 Å². The molecule has 3 aromatic rings. The summed E-state index contributed by atoms with van der Waals surface area (Å²) >= 11 is 0. The van der Waals surface area contributed by atoms with Crippen LogP contribution >= 0.6 is 0 Å². The molecule has 0 saturated carbocycles. The normalized spacial score (nSPS) is 14.9. The lowest BCUT2D eigenvalue weighted by atomic mass is 10.1. The number of anilines is 1. The molecule has 1 fully saturated rings. The van der Waals surface area contributed by atoms with Crippen LogP contribution in [0.1, 0.15) is 31.2 Å². The van der Waals surface area contributed by atoms with Crippen molar-refractivity contribution in [3.63, 3.8) is 0 Å². The molecule has 35 heavy (non-hydrogen) atoms. The lowest BCUT2D eigenvalue weighted by Crippen LogP contribution is -2.47. The zero-order valence-electron chi connectivity index (χ0n) is 19.8. The summed E-state index contributed by atoms with van der Waals surface area (Å²) in [5.74, 6) is -0.437. The standard InChI is InChI=1S/C26H30F4N4O/c1-2-6-20-19-22(34(31-20)21-10-12-23(13-11-21)35-26(28,29)30)7-5-14-32-15-17-33(18-16-32)25-9-4-3-8-24(25)27/h3-4,8-13,19H,2,5-7,14-18H2,1H3. The van der Waals surface area contributed by atoms with Gasteiger partial charge in [0.2, 0.25) is 0 Å². The molecule has 0 radical (unpaired) electrons. The summed E-state index contributed by atoms with van der Waals surface area (Å²) in [6.07, 6.45) is -1.20. The lowest BCUT2D eigenvalue weighted by molar-refractivity contribution is -0.274. The second kappa shape index (κ2) is 11.1. The number of piperazine rings is 1. The van der Waals surface area contributed by atoms with Crippen molar-refractivity contribution in [2.75, 3.05) is 37.6 Å². The van der Waals surface area contributed by atoms with Crippen LogP contribution in [0.15, 0.2) is 54.6 Å². The fourth-order valence-electron chi connectivity index (χ4n) is 4.45. The molecule has 1 aliphatic rings. The highest BCUT2D eigenvalue weighted by molar-refractivity contribution is 5.48. The summed E-state index contributed by atoms with van der Waals surface area (Å²) in [6.45, 7) is 6.31. The second-order valence-corrected chi connectivity index (χ2v) is 8.71.